The Morgan fingerprint density at radius 2 is 1.61 bits per heavy atom. The molecule has 0 radical (unpaired) electrons. The van der Waals surface area contributed by atoms with Gasteiger partial charge in [-0.25, -0.2) is 0 Å². The summed E-state index contributed by atoms with van der Waals surface area (Å²) in [7, 11) is 0. The van der Waals surface area contributed by atoms with Gasteiger partial charge < -0.3 is 4.74 Å². The van der Waals surface area contributed by atoms with Crippen molar-refractivity contribution < 1.29 is 22.3 Å². The first-order chi connectivity index (χ1) is 15.8. The maximum Gasteiger partial charge on any atom is 0.416 e. The maximum absolute atomic E-state index is 12.8. The third kappa shape index (κ3) is 8.30. The molecule has 3 rings (SSSR count). The molecular weight excluding hydrogens is 430 g/mol. The smallest absolute Gasteiger partial charge is 0.378 e. The molecule has 1 aromatic carbocycles. The number of hydrogen-bond acceptors (Lipinski definition) is 2. The number of nitriles is 1. The molecule has 0 aliphatic heterocycles. The lowest BCUT2D eigenvalue weighted by Crippen LogP contribution is -2.25. The highest BCUT2D eigenvalue weighted by molar-refractivity contribution is 5.27. The first-order valence-corrected chi connectivity index (χ1v) is 12.1. The average molecular weight is 464 g/mol. The zero-order chi connectivity index (χ0) is 23.7. The van der Waals surface area contributed by atoms with Crippen molar-refractivity contribution in [2.24, 2.45) is 11.8 Å². The predicted octanol–water partition coefficient (Wildman–Crippen LogP) is 8.27. The molecule has 2 saturated carbocycles. The molecule has 180 valence electrons. The molecule has 0 saturated heterocycles. The fourth-order valence-corrected chi connectivity index (χ4v) is 5.08. The summed E-state index contributed by atoms with van der Waals surface area (Å²) in [6, 6.07) is 7.10. The van der Waals surface area contributed by atoms with Gasteiger partial charge in [-0.1, -0.05) is 37.1 Å². The van der Waals surface area contributed by atoms with Crippen LogP contribution in [0.2, 0.25) is 0 Å². The predicted molar refractivity (Wildman–Crippen MR) is 121 cm³/mol. The molecule has 0 aromatic heterocycles. The topological polar surface area (TPSA) is 33.0 Å². The Morgan fingerprint density at radius 3 is 2.21 bits per heavy atom. The number of allylic oxidation sites excluding steroid dienone is 4. The largest absolute Gasteiger partial charge is 0.416 e. The first-order valence-electron chi connectivity index (χ1n) is 12.1. The molecule has 2 aliphatic rings. The van der Waals surface area contributed by atoms with Crippen LogP contribution >= 0.6 is 0 Å². The summed E-state index contributed by atoms with van der Waals surface area (Å²) in [6.45, 7) is 0.806. The van der Waals surface area contributed by atoms with Crippen molar-refractivity contribution in [3.8, 4) is 6.07 Å². The van der Waals surface area contributed by atoms with E-state index in [2.05, 4.69) is 0 Å². The van der Waals surface area contributed by atoms with Crippen LogP contribution in [0.4, 0.5) is 17.6 Å². The second-order valence-electron chi connectivity index (χ2n) is 9.45. The first kappa shape index (κ1) is 25.5. The van der Waals surface area contributed by atoms with E-state index in [0.29, 0.717) is 17.8 Å². The molecule has 2 aliphatic carbocycles. The van der Waals surface area contributed by atoms with Gasteiger partial charge in [0.05, 0.1) is 11.7 Å². The third-order valence-corrected chi connectivity index (χ3v) is 7.14. The molecule has 2 fully saturated rings. The van der Waals surface area contributed by atoms with Crippen molar-refractivity contribution >= 4 is 0 Å². The summed E-state index contributed by atoms with van der Waals surface area (Å²) in [5.74, 6) is 0.871. The summed E-state index contributed by atoms with van der Waals surface area (Å²) in [5.41, 5.74) is 0.415. The zero-order valence-corrected chi connectivity index (χ0v) is 19.0. The standard InChI is InChI=1S/C27H33F4NO/c28-25(18-32)5-3-1-2-4-20-6-8-21(9-7-20)19-33-26-16-12-23(13-17-26)22-10-14-24(15-11-22)27(29,30)31/h1,3,5,10-11,14-15,20-21,23,26H,2,4,6-9,12-13,16-17,19H2. The van der Waals surface area contributed by atoms with Gasteiger partial charge >= 0.3 is 6.18 Å². The van der Waals surface area contributed by atoms with Gasteiger partial charge in [0.2, 0.25) is 0 Å². The molecular formula is C27H33F4NO. The van der Waals surface area contributed by atoms with Crippen LogP contribution in [-0.2, 0) is 10.9 Å². The fraction of sp³-hybridized carbons (Fsp3) is 0.593. The SMILES string of the molecule is N#CC(F)=CC=CCCC1CCC(COC2CCC(c3ccc(C(F)(F)F)cc3)CC2)CC1. The van der Waals surface area contributed by atoms with Gasteiger partial charge in [-0.15, -0.1) is 0 Å². The normalized spacial score (nSPS) is 26.9. The number of ether oxygens (including phenoxy) is 1. The van der Waals surface area contributed by atoms with Crippen LogP contribution in [0, 0.1) is 23.2 Å². The highest BCUT2D eigenvalue weighted by Gasteiger charge is 2.31. The van der Waals surface area contributed by atoms with Crippen LogP contribution < -0.4 is 0 Å². The third-order valence-electron chi connectivity index (χ3n) is 7.14. The molecule has 1 aromatic rings. The zero-order valence-electron chi connectivity index (χ0n) is 19.0. The second-order valence-corrected chi connectivity index (χ2v) is 9.45. The Labute approximate surface area is 194 Å². The van der Waals surface area contributed by atoms with E-state index in [-0.39, 0.29) is 6.10 Å². The van der Waals surface area contributed by atoms with Gasteiger partial charge in [0.1, 0.15) is 6.07 Å². The van der Waals surface area contributed by atoms with Crippen LogP contribution in [0.3, 0.4) is 0 Å². The summed E-state index contributed by atoms with van der Waals surface area (Å²) in [5, 5.41) is 8.37. The summed E-state index contributed by atoms with van der Waals surface area (Å²) >= 11 is 0. The number of benzene rings is 1. The minimum atomic E-state index is -4.28. The monoisotopic (exact) mass is 463 g/mol. The van der Waals surface area contributed by atoms with Crippen LogP contribution in [0.15, 0.2) is 48.3 Å². The summed E-state index contributed by atoms with van der Waals surface area (Å²) in [4.78, 5) is 0. The molecule has 0 bridgehead atoms. The number of nitrogens with zero attached hydrogens (tertiary/aromatic N) is 1. The van der Waals surface area contributed by atoms with Crippen molar-refractivity contribution in [1.82, 2.24) is 0 Å². The second kappa shape index (κ2) is 12.4. The van der Waals surface area contributed by atoms with E-state index < -0.39 is 17.6 Å². The van der Waals surface area contributed by atoms with Crippen LogP contribution in [0.5, 0.6) is 0 Å². The van der Waals surface area contributed by atoms with Crippen molar-refractivity contribution in [3.05, 3.63) is 59.4 Å². The van der Waals surface area contributed by atoms with Crippen molar-refractivity contribution in [2.45, 2.75) is 82.4 Å². The van der Waals surface area contributed by atoms with Crippen LogP contribution in [-0.4, -0.2) is 12.7 Å². The molecule has 2 nitrogen and oxygen atoms in total. The number of hydrogen-bond donors (Lipinski definition) is 0. The van der Waals surface area contributed by atoms with Crippen molar-refractivity contribution in [1.29, 1.82) is 5.26 Å². The lowest BCUT2D eigenvalue weighted by Gasteiger charge is -2.32. The molecule has 0 N–H and O–H groups in total. The Bertz CT molecular complexity index is 821. The lowest BCUT2D eigenvalue weighted by molar-refractivity contribution is -0.137. The summed E-state index contributed by atoms with van der Waals surface area (Å²) in [6.07, 6.45) is 11.3. The molecule has 0 amide bonds. The Kier molecular flexibility index (Phi) is 9.55. The van der Waals surface area contributed by atoms with Crippen molar-refractivity contribution in [2.75, 3.05) is 6.61 Å². The Hall–Kier alpha value is -2.13. The van der Waals surface area contributed by atoms with Gasteiger partial charge in [0, 0.05) is 6.61 Å². The minimum Gasteiger partial charge on any atom is -0.378 e. The van der Waals surface area contributed by atoms with Gasteiger partial charge in [-0.05, 0) is 92.9 Å². The Morgan fingerprint density at radius 1 is 0.970 bits per heavy atom. The average Bonchev–Trinajstić information content (AvgIpc) is 2.83. The van der Waals surface area contributed by atoms with E-state index in [1.54, 1.807) is 18.2 Å². The van der Waals surface area contributed by atoms with Gasteiger partial charge in [0.15, 0.2) is 5.83 Å². The molecule has 0 unspecified atom stereocenters. The van der Waals surface area contributed by atoms with Crippen LogP contribution in [0.1, 0.15) is 81.3 Å². The lowest BCUT2D eigenvalue weighted by atomic mass is 9.80. The van der Waals surface area contributed by atoms with E-state index in [1.807, 2.05) is 6.08 Å². The van der Waals surface area contributed by atoms with Gasteiger partial charge in [0.25, 0.3) is 0 Å². The van der Waals surface area contributed by atoms with E-state index >= 15 is 0 Å². The molecule has 6 heteroatoms. The fourth-order valence-electron chi connectivity index (χ4n) is 5.08. The van der Waals surface area contributed by atoms with Crippen molar-refractivity contribution in [3.63, 3.8) is 0 Å². The van der Waals surface area contributed by atoms with E-state index in [4.69, 9.17) is 10.00 Å². The van der Waals surface area contributed by atoms with E-state index in [9.17, 15) is 17.6 Å². The number of alkyl halides is 3. The van der Waals surface area contributed by atoms with Crippen LogP contribution in [0.25, 0.3) is 0 Å². The quantitative estimate of drug-likeness (QED) is 0.221. The van der Waals surface area contributed by atoms with Gasteiger partial charge in [-0.3, -0.25) is 0 Å². The number of rotatable bonds is 8. The van der Waals surface area contributed by atoms with E-state index in [0.717, 1.165) is 50.7 Å². The maximum atomic E-state index is 12.8. The van der Waals surface area contributed by atoms with E-state index in [1.165, 1.54) is 50.0 Å². The van der Waals surface area contributed by atoms with Gasteiger partial charge in [-0.2, -0.15) is 22.8 Å². The minimum absolute atomic E-state index is 0.264. The molecule has 0 heterocycles. The Balaban J connectivity index is 1.30. The highest BCUT2D eigenvalue weighted by Crippen LogP contribution is 2.37. The highest BCUT2D eigenvalue weighted by atomic mass is 19.4. The molecule has 0 atom stereocenters. The molecule has 0 spiro atoms. The molecule has 33 heavy (non-hydrogen) atoms. The number of halogens is 4. The summed E-state index contributed by atoms with van der Waals surface area (Å²) < 4.78 is 57.2.